The number of nitriles is 1. The molecular weight excluding hydrogens is 570 g/mol. The molecule has 0 aliphatic carbocycles. The minimum atomic E-state index is -1.71. The first-order valence-electron chi connectivity index (χ1n) is 11.8. The summed E-state index contributed by atoms with van der Waals surface area (Å²) in [6.45, 7) is 0. The zero-order valence-corrected chi connectivity index (χ0v) is 21.5. The van der Waals surface area contributed by atoms with Gasteiger partial charge >= 0.3 is 35.4 Å². The third kappa shape index (κ3) is 7.25. The molecule has 218 valence electrons. The number of hydrogen-bond acceptors (Lipinski definition) is 12. The summed E-state index contributed by atoms with van der Waals surface area (Å²) in [6, 6.07) is 10.3. The van der Waals surface area contributed by atoms with E-state index in [1.807, 2.05) is 0 Å². The Balaban J connectivity index is 1.81. The van der Waals surface area contributed by atoms with Gasteiger partial charge in [0.2, 0.25) is 6.10 Å². The van der Waals surface area contributed by atoms with Gasteiger partial charge in [0.1, 0.15) is 17.6 Å². The van der Waals surface area contributed by atoms with E-state index < -0.39 is 52.0 Å². The lowest BCUT2D eigenvalue weighted by atomic mass is 10.1. The first-order valence-corrected chi connectivity index (χ1v) is 11.8. The molecule has 0 spiro atoms. The predicted octanol–water partition coefficient (Wildman–Crippen LogP) is 2.64. The number of aliphatic carboxylic acids is 1. The number of carboxylic acids is 2. The number of guanidine groups is 1. The zero-order chi connectivity index (χ0) is 31.1. The summed E-state index contributed by atoms with van der Waals surface area (Å²) in [6.07, 6.45) is 0.679. The minimum absolute atomic E-state index is 0.0647. The quantitative estimate of drug-likeness (QED) is 0.0599. The smallest absolute Gasteiger partial charge is 0.392 e. The number of ether oxygens (including phenoxy) is 3. The molecule has 43 heavy (non-hydrogen) atoms. The molecule has 0 bridgehead atoms. The normalized spacial score (nSPS) is 11.0. The van der Waals surface area contributed by atoms with Crippen LogP contribution in [-0.4, -0.2) is 59.1 Å². The highest BCUT2D eigenvalue weighted by Crippen LogP contribution is 2.40. The maximum atomic E-state index is 12.2. The van der Waals surface area contributed by atoms with Gasteiger partial charge in [0.25, 0.3) is 0 Å². The number of imidazole rings is 1. The molecular formula is C25H19N9O9. The maximum absolute atomic E-state index is 12.2. The number of nitro groups is 1. The van der Waals surface area contributed by atoms with Gasteiger partial charge in [-0.15, -0.1) is 0 Å². The zero-order valence-electron chi connectivity index (χ0n) is 21.5. The molecule has 4 aromatic rings. The van der Waals surface area contributed by atoms with Crippen LogP contribution < -0.4 is 25.3 Å². The fourth-order valence-corrected chi connectivity index (χ4v) is 3.53. The fraction of sp³-hybridized carbons (Fsp3) is 0.0800. The summed E-state index contributed by atoms with van der Waals surface area (Å²) >= 11 is 0. The van der Waals surface area contributed by atoms with Gasteiger partial charge in [-0.1, -0.05) is 6.07 Å². The average Bonchev–Trinajstić information content (AvgIpc) is 3.45. The number of aromatic carboxylic acids is 1. The van der Waals surface area contributed by atoms with Gasteiger partial charge < -0.3 is 40.5 Å². The number of benzene rings is 2. The van der Waals surface area contributed by atoms with Crippen LogP contribution in [0, 0.1) is 26.9 Å². The van der Waals surface area contributed by atoms with Crippen LogP contribution in [0.2, 0.25) is 0 Å². The van der Waals surface area contributed by atoms with Crippen molar-refractivity contribution >= 4 is 29.3 Å². The van der Waals surface area contributed by atoms with E-state index in [0.29, 0.717) is 5.69 Å². The third-order valence-electron chi connectivity index (χ3n) is 5.34. The van der Waals surface area contributed by atoms with Crippen molar-refractivity contribution in [1.29, 1.82) is 10.7 Å². The molecule has 18 nitrogen and oxygen atoms in total. The number of rotatable bonds is 12. The van der Waals surface area contributed by atoms with Crippen molar-refractivity contribution in [3.8, 4) is 35.3 Å². The third-order valence-corrected chi connectivity index (χ3v) is 5.34. The van der Waals surface area contributed by atoms with Gasteiger partial charge in [0.05, 0.1) is 28.1 Å². The van der Waals surface area contributed by atoms with E-state index in [4.69, 9.17) is 25.4 Å². The topological polar surface area (TPSA) is 286 Å². The number of H-pyrrole nitrogens is 1. The lowest BCUT2D eigenvalue weighted by molar-refractivity contribution is -0.387. The second-order valence-corrected chi connectivity index (χ2v) is 8.33. The minimum Gasteiger partial charge on any atom is -0.478 e. The second kappa shape index (κ2) is 12.6. The van der Waals surface area contributed by atoms with E-state index in [-0.39, 0.29) is 35.1 Å². The Bertz CT molecular complexity index is 1750. The molecule has 18 heteroatoms. The maximum Gasteiger partial charge on any atom is 0.392 e. The Kier molecular flexibility index (Phi) is 8.56. The summed E-state index contributed by atoms with van der Waals surface area (Å²) in [7, 11) is 0. The molecule has 0 aliphatic rings. The highest BCUT2D eigenvalue weighted by molar-refractivity contribution is 5.91. The van der Waals surface area contributed by atoms with Crippen LogP contribution in [-0.2, 0) is 11.2 Å². The Morgan fingerprint density at radius 1 is 1.16 bits per heavy atom. The van der Waals surface area contributed by atoms with Crippen LogP contribution >= 0.6 is 0 Å². The van der Waals surface area contributed by atoms with E-state index in [1.54, 1.807) is 12.1 Å². The van der Waals surface area contributed by atoms with Crippen molar-refractivity contribution in [2.24, 2.45) is 5.73 Å². The molecule has 0 fully saturated rings. The fourth-order valence-electron chi connectivity index (χ4n) is 3.53. The Hall–Kier alpha value is -6.77. The number of anilines is 1. The number of aromatic amines is 1. The number of nitrogens with two attached hydrogens (primary N) is 1. The van der Waals surface area contributed by atoms with Crippen molar-refractivity contribution in [2.75, 3.05) is 5.32 Å². The predicted molar refractivity (Wildman–Crippen MR) is 143 cm³/mol. The van der Waals surface area contributed by atoms with Gasteiger partial charge in [-0.25, -0.2) is 14.6 Å². The largest absolute Gasteiger partial charge is 0.478 e. The number of nitrogens with zero attached hydrogens (tertiary/aromatic N) is 5. The summed E-state index contributed by atoms with van der Waals surface area (Å²) < 4.78 is 16.7. The lowest BCUT2D eigenvalue weighted by Gasteiger charge is -2.16. The molecule has 2 heterocycles. The van der Waals surface area contributed by atoms with E-state index in [0.717, 1.165) is 12.1 Å². The van der Waals surface area contributed by atoms with Crippen LogP contribution in [0.4, 0.5) is 11.4 Å². The second-order valence-electron chi connectivity index (χ2n) is 8.33. The molecule has 0 amide bonds. The monoisotopic (exact) mass is 589 g/mol. The van der Waals surface area contributed by atoms with Crippen LogP contribution in [0.5, 0.6) is 29.3 Å². The molecule has 1 unspecified atom stereocenters. The highest BCUT2D eigenvalue weighted by atomic mass is 16.6. The van der Waals surface area contributed by atoms with Crippen LogP contribution in [0.3, 0.4) is 0 Å². The van der Waals surface area contributed by atoms with Crippen LogP contribution in [0.25, 0.3) is 0 Å². The molecule has 4 rings (SSSR count). The van der Waals surface area contributed by atoms with Gasteiger partial charge in [0, 0.05) is 24.4 Å². The molecule has 0 saturated heterocycles. The summed E-state index contributed by atoms with van der Waals surface area (Å²) in [5.74, 6) is -5.18. The van der Waals surface area contributed by atoms with Crippen molar-refractivity contribution in [1.82, 2.24) is 19.9 Å². The van der Waals surface area contributed by atoms with E-state index in [9.17, 15) is 35.2 Å². The first-order chi connectivity index (χ1) is 20.5. The van der Waals surface area contributed by atoms with Gasteiger partial charge in [0.15, 0.2) is 5.96 Å². The number of aromatic nitrogens is 4. The van der Waals surface area contributed by atoms with Crippen molar-refractivity contribution < 1.29 is 38.9 Å². The molecule has 0 radical (unpaired) electrons. The first kappa shape index (κ1) is 29.2. The number of carboxylic acid groups (broad SMARTS) is 2. The highest BCUT2D eigenvalue weighted by Gasteiger charge is 2.33. The molecule has 0 saturated carbocycles. The Morgan fingerprint density at radius 2 is 1.91 bits per heavy atom. The molecule has 7 N–H and O–H groups in total. The van der Waals surface area contributed by atoms with E-state index in [2.05, 4.69) is 25.3 Å². The van der Waals surface area contributed by atoms with E-state index >= 15 is 0 Å². The number of carbonyl (C=O) groups is 2. The van der Waals surface area contributed by atoms with Gasteiger partial charge in [-0.2, -0.15) is 15.2 Å². The van der Waals surface area contributed by atoms with Crippen molar-refractivity contribution in [3.63, 3.8) is 0 Å². The SMILES string of the molecule is N#Cc1ccc(Oc2nc(Oc3cccc(NC(=N)N)c3)nc(OC(Cc3c[nH]cn3)C(=O)O)c2[N+](=O)[O-])cc1C(=O)O. The molecule has 2 aromatic carbocycles. The summed E-state index contributed by atoms with van der Waals surface area (Å²) in [4.78, 5) is 49.2. The van der Waals surface area contributed by atoms with Crippen LogP contribution in [0.1, 0.15) is 21.6 Å². The average molecular weight is 589 g/mol. The van der Waals surface area contributed by atoms with Crippen molar-refractivity contribution in [3.05, 3.63) is 81.9 Å². The molecule has 0 aliphatic heterocycles. The lowest BCUT2D eigenvalue weighted by Crippen LogP contribution is -2.30. The summed E-state index contributed by atoms with van der Waals surface area (Å²) in [5.41, 5.74) is 4.30. The Morgan fingerprint density at radius 3 is 2.53 bits per heavy atom. The number of nitrogens with one attached hydrogen (secondary N) is 3. The van der Waals surface area contributed by atoms with Crippen molar-refractivity contribution in [2.45, 2.75) is 12.5 Å². The van der Waals surface area contributed by atoms with Crippen LogP contribution in [0.15, 0.2) is 55.0 Å². The standard InChI is InChI=1S/C25H19N9O9/c26-9-12-4-5-16(8-17(12)22(35)36)41-20-19(34(39)40)21(43-18(23(37)38)7-14-10-29-11-30-14)33-25(32-20)42-15-3-1-2-13(6-15)31-24(27)28/h1-6,8,10-11,18H,7H2,(H,29,30)(H,35,36)(H,37,38)(H4,27,28,31). The van der Waals surface area contributed by atoms with Gasteiger partial charge in [-0.3, -0.25) is 15.5 Å². The van der Waals surface area contributed by atoms with Gasteiger partial charge in [-0.05, 0) is 30.3 Å². The Labute approximate surface area is 240 Å². The summed E-state index contributed by atoms with van der Waals surface area (Å²) in [5, 5.41) is 50.5. The molecule has 1 atom stereocenters. The number of hydrogen-bond donors (Lipinski definition) is 6. The molecule has 2 aromatic heterocycles. The van der Waals surface area contributed by atoms with E-state index in [1.165, 1.54) is 36.8 Å².